The van der Waals surface area contributed by atoms with Gasteiger partial charge >= 0.3 is 0 Å². The molecule has 2 aromatic heterocycles. The predicted molar refractivity (Wildman–Crippen MR) is 120 cm³/mol. The zero-order valence-electron chi connectivity index (χ0n) is 16.8. The molecule has 0 saturated heterocycles. The molecule has 0 bridgehead atoms. The van der Waals surface area contributed by atoms with E-state index in [0.29, 0.717) is 24.8 Å². The first kappa shape index (κ1) is 20.3. The molecule has 0 aliphatic carbocycles. The van der Waals surface area contributed by atoms with Crippen LogP contribution in [0.5, 0.6) is 5.75 Å². The third-order valence-electron chi connectivity index (χ3n) is 4.80. The minimum absolute atomic E-state index is 0.314. The second kappa shape index (κ2) is 9.21. The second-order valence-electron chi connectivity index (χ2n) is 6.79. The summed E-state index contributed by atoms with van der Waals surface area (Å²) in [6, 6.07) is 17.6. The molecule has 6 nitrogen and oxygen atoms in total. The Hall–Kier alpha value is -3.00. The van der Waals surface area contributed by atoms with Crippen LogP contribution in [0, 0.1) is 0 Å². The number of ether oxygens (including phenoxy) is 2. The molecule has 0 unspecified atom stereocenters. The van der Waals surface area contributed by atoms with Gasteiger partial charge in [0.25, 0.3) is 0 Å². The number of aromatic nitrogens is 2. The van der Waals surface area contributed by atoms with E-state index >= 15 is 0 Å². The van der Waals surface area contributed by atoms with E-state index in [9.17, 15) is 5.11 Å². The zero-order valence-corrected chi connectivity index (χ0v) is 17.6. The molecule has 154 valence electrons. The van der Waals surface area contributed by atoms with Gasteiger partial charge in [0.05, 0.1) is 18.6 Å². The number of fused-ring (bicyclic) bond motifs is 1. The average molecular weight is 422 g/mol. The highest BCUT2D eigenvalue weighted by Crippen LogP contribution is 2.37. The van der Waals surface area contributed by atoms with E-state index in [-0.39, 0.29) is 0 Å². The van der Waals surface area contributed by atoms with Crippen molar-refractivity contribution in [2.45, 2.75) is 12.7 Å². The van der Waals surface area contributed by atoms with E-state index < -0.39 is 6.10 Å². The van der Waals surface area contributed by atoms with Crippen molar-refractivity contribution in [1.82, 2.24) is 9.97 Å². The van der Waals surface area contributed by atoms with Crippen molar-refractivity contribution in [3.05, 3.63) is 71.4 Å². The van der Waals surface area contributed by atoms with Crippen LogP contribution >= 0.6 is 11.3 Å². The molecule has 0 aliphatic rings. The Kier molecular flexibility index (Phi) is 6.23. The molecule has 0 radical (unpaired) electrons. The van der Waals surface area contributed by atoms with Gasteiger partial charge in [0, 0.05) is 24.6 Å². The Morgan fingerprint density at radius 2 is 1.80 bits per heavy atom. The number of benzene rings is 2. The van der Waals surface area contributed by atoms with Crippen LogP contribution in [-0.2, 0) is 11.3 Å². The van der Waals surface area contributed by atoms with Crippen molar-refractivity contribution in [2.75, 3.05) is 26.1 Å². The number of hydrogen-bond acceptors (Lipinski definition) is 7. The molecule has 0 aliphatic heterocycles. The summed E-state index contributed by atoms with van der Waals surface area (Å²) in [6.45, 7) is 0.638. The van der Waals surface area contributed by atoms with Crippen LogP contribution in [0.4, 0.5) is 5.82 Å². The number of aliphatic hydroxyl groups is 1. The molecule has 30 heavy (non-hydrogen) atoms. The summed E-state index contributed by atoms with van der Waals surface area (Å²) in [4.78, 5) is 10.2. The first-order valence-electron chi connectivity index (χ1n) is 9.58. The van der Waals surface area contributed by atoms with Crippen molar-refractivity contribution < 1.29 is 14.6 Å². The van der Waals surface area contributed by atoms with Crippen molar-refractivity contribution >= 4 is 27.4 Å². The van der Waals surface area contributed by atoms with Crippen LogP contribution in [0.1, 0.15) is 17.5 Å². The van der Waals surface area contributed by atoms with Gasteiger partial charge in [-0.15, -0.1) is 11.3 Å². The van der Waals surface area contributed by atoms with E-state index in [2.05, 4.69) is 32.8 Å². The van der Waals surface area contributed by atoms with E-state index in [1.807, 2.05) is 42.5 Å². The van der Waals surface area contributed by atoms with Gasteiger partial charge in [-0.05, 0) is 23.3 Å². The summed E-state index contributed by atoms with van der Waals surface area (Å²) in [6.07, 6.45) is -0.689. The maximum absolute atomic E-state index is 10.7. The molecule has 2 aromatic carbocycles. The van der Waals surface area contributed by atoms with E-state index in [0.717, 1.165) is 32.7 Å². The van der Waals surface area contributed by atoms with Crippen LogP contribution in [0.15, 0.2) is 60.0 Å². The number of nitrogens with one attached hydrogen (secondary N) is 1. The van der Waals surface area contributed by atoms with Crippen molar-refractivity contribution in [1.29, 1.82) is 0 Å². The molecule has 0 amide bonds. The molecular formula is C23H23N3O3S. The Balaban J connectivity index is 1.66. The lowest BCUT2D eigenvalue weighted by Gasteiger charge is -2.15. The minimum atomic E-state index is -0.689. The Labute approximate surface area is 179 Å². The number of aliphatic hydroxyl groups excluding tert-OH is 1. The summed E-state index contributed by atoms with van der Waals surface area (Å²) < 4.78 is 10.4. The third-order valence-corrected chi connectivity index (χ3v) is 5.67. The Morgan fingerprint density at radius 1 is 1.03 bits per heavy atom. The van der Waals surface area contributed by atoms with Gasteiger partial charge in [0.2, 0.25) is 0 Å². The van der Waals surface area contributed by atoms with Crippen molar-refractivity contribution in [3.8, 4) is 16.9 Å². The summed E-state index contributed by atoms with van der Waals surface area (Å²) in [5.74, 6) is 2.05. The fraction of sp³-hybridized carbons (Fsp3) is 0.217. The quantitative estimate of drug-likeness (QED) is 0.431. The molecule has 2 N–H and O–H groups in total. The number of anilines is 1. The second-order valence-corrected chi connectivity index (χ2v) is 7.64. The number of thiophene rings is 1. The van der Waals surface area contributed by atoms with Crippen LogP contribution < -0.4 is 10.1 Å². The molecule has 4 rings (SSSR count). The fourth-order valence-electron chi connectivity index (χ4n) is 3.27. The highest BCUT2D eigenvalue weighted by molar-refractivity contribution is 7.17. The number of rotatable bonds is 8. The van der Waals surface area contributed by atoms with Crippen LogP contribution in [-0.4, -0.2) is 35.8 Å². The predicted octanol–water partition coefficient (Wildman–Crippen LogP) is 4.66. The highest BCUT2D eigenvalue weighted by atomic mass is 32.1. The number of hydrogen-bond donors (Lipinski definition) is 2. The minimum Gasteiger partial charge on any atom is -0.497 e. The van der Waals surface area contributed by atoms with Crippen LogP contribution in [0.3, 0.4) is 0 Å². The van der Waals surface area contributed by atoms with Gasteiger partial charge in [0.1, 0.15) is 23.0 Å². The molecule has 0 spiro atoms. The molecule has 7 heteroatoms. The molecule has 0 saturated carbocycles. The molecule has 4 aromatic rings. The smallest absolute Gasteiger partial charge is 0.158 e. The molecule has 2 heterocycles. The van der Waals surface area contributed by atoms with Gasteiger partial charge in [-0.25, -0.2) is 9.97 Å². The Bertz CT molecular complexity index is 1110. The van der Waals surface area contributed by atoms with Crippen molar-refractivity contribution in [3.63, 3.8) is 0 Å². The van der Waals surface area contributed by atoms with Crippen LogP contribution in [0.2, 0.25) is 0 Å². The first-order valence-corrected chi connectivity index (χ1v) is 10.5. The number of nitrogens with zero attached hydrogens (tertiary/aromatic N) is 2. The van der Waals surface area contributed by atoms with E-state index in [1.54, 1.807) is 25.6 Å². The van der Waals surface area contributed by atoms with E-state index in [1.165, 1.54) is 0 Å². The Morgan fingerprint density at radius 3 is 2.50 bits per heavy atom. The van der Waals surface area contributed by atoms with Gasteiger partial charge in [-0.3, -0.25) is 0 Å². The zero-order chi connectivity index (χ0) is 20.9. The van der Waals surface area contributed by atoms with Gasteiger partial charge in [-0.1, -0.05) is 42.5 Å². The lowest BCUT2D eigenvalue weighted by Crippen LogP contribution is -2.14. The van der Waals surface area contributed by atoms with Gasteiger partial charge in [-0.2, -0.15) is 0 Å². The maximum Gasteiger partial charge on any atom is 0.158 e. The standard InChI is InChI=1S/C23H23N3O3S/c1-28-13-20-25-22(24-12-19(27)16-8-10-17(29-2)11-9-16)21-18(14-30-23(21)26-20)15-6-4-3-5-7-15/h3-11,14,19,27H,12-13H2,1-2H3,(H,24,25,26)/t19-/m0/s1. The number of methoxy groups -OCH3 is 2. The highest BCUT2D eigenvalue weighted by Gasteiger charge is 2.17. The van der Waals surface area contributed by atoms with Crippen LogP contribution in [0.25, 0.3) is 21.3 Å². The van der Waals surface area contributed by atoms with Gasteiger partial charge < -0.3 is 19.9 Å². The summed E-state index contributed by atoms with van der Waals surface area (Å²) in [5.41, 5.74) is 2.98. The SMILES string of the molecule is COCc1nc(NC[C@H](O)c2ccc(OC)cc2)c2c(-c3ccccc3)csc2n1. The lowest BCUT2D eigenvalue weighted by molar-refractivity contribution is 0.178. The fourth-order valence-corrected chi connectivity index (χ4v) is 4.24. The monoisotopic (exact) mass is 421 g/mol. The first-order chi connectivity index (χ1) is 14.7. The topological polar surface area (TPSA) is 76.5 Å². The molecular weight excluding hydrogens is 398 g/mol. The third kappa shape index (κ3) is 4.28. The maximum atomic E-state index is 10.7. The molecule has 1 atom stereocenters. The average Bonchev–Trinajstić information content (AvgIpc) is 3.22. The summed E-state index contributed by atoms with van der Waals surface area (Å²) in [5, 5.41) is 17.0. The van der Waals surface area contributed by atoms with Crippen molar-refractivity contribution in [2.24, 2.45) is 0 Å². The molecule has 0 fully saturated rings. The lowest BCUT2D eigenvalue weighted by atomic mass is 10.1. The van der Waals surface area contributed by atoms with Gasteiger partial charge in [0.15, 0.2) is 5.82 Å². The van der Waals surface area contributed by atoms with E-state index in [4.69, 9.17) is 9.47 Å². The summed E-state index contributed by atoms with van der Waals surface area (Å²) in [7, 11) is 3.24. The normalized spacial score (nSPS) is 12.1. The summed E-state index contributed by atoms with van der Waals surface area (Å²) >= 11 is 1.57. The largest absolute Gasteiger partial charge is 0.497 e.